The molecule has 0 aromatic heterocycles. The summed E-state index contributed by atoms with van der Waals surface area (Å²) >= 11 is 5.95. The number of hydrogen-bond donors (Lipinski definition) is 1. The predicted molar refractivity (Wildman–Crippen MR) is 151 cm³/mol. The lowest BCUT2D eigenvalue weighted by molar-refractivity contribution is -0.147. The summed E-state index contributed by atoms with van der Waals surface area (Å²) in [6.45, 7) is 4.28. The van der Waals surface area contributed by atoms with Crippen molar-refractivity contribution in [3.05, 3.63) is 64.7 Å². The van der Waals surface area contributed by atoms with Crippen LogP contribution in [-0.2, 0) is 20.8 Å². The summed E-state index contributed by atoms with van der Waals surface area (Å²) in [6, 6.07) is 8.13. The number of hydroxylamine groups is 2. The Hall–Kier alpha value is -2.67. The van der Waals surface area contributed by atoms with Crippen LogP contribution in [0.15, 0.2) is 53.4 Å². The largest absolute Gasteiger partial charge is 0.416 e. The fourth-order valence-electron chi connectivity index (χ4n) is 5.97. The van der Waals surface area contributed by atoms with Gasteiger partial charge in [0.2, 0.25) is 5.91 Å². The van der Waals surface area contributed by atoms with Gasteiger partial charge in [0, 0.05) is 35.3 Å². The van der Waals surface area contributed by atoms with Gasteiger partial charge in [-0.1, -0.05) is 17.7 Å². The van der Waals surface area contributed by atoms with Crippen molar-refractivity contribution >= 4 is 33.3 Å². The Morgan fingerprint density at radius 2 is 1.79 bits per heavy atom. The Balaban J connectivity index is 1.55. The van der Waals surface area contributed by atoms with Crippen LogP contribution in [0.4, 0.5) is 13.2 Å². The summed E-state index contributed by atoms with van der Waals surface area (Å²) in [6.07, 6.45) is -2.86. The van der Waals surface area contributed by atoms with Crippen LogP contribution < -0.4 is 0 Å². The van der Waals surface area contributed by atoms with Gasteiger partial charge in [-0.3, -0.25) is 14.8 Å². The van der Waals surface area contributed by atoms with E-state index in [1.807, 2.05) is 7.05 Å². The number of hydrogen-bond acceptors (Lipinski definition) is 6. The highest BCUT2D eigenvalue weighted by molar-refractivity contribution is 7.91. The molecule has 230 valence electrons. The Labute approximate surface area is 248 Å². The summed E-state index contributed by atoms with van der Waals surface area (Å²) in [5, 5.41) is 11.3. The molecule has 2 aromatic carbocycles. The lowest BCUT2D eigenvalue weighted by atomic mass is 9.81. The SMILES string of the molecule is CC(C)N(C)[C@@H]1CC[C@H](N2CCC(N(O)C(=O)c3cccc(C(F)(F)F)c3)C2=O)[C@H](CS(=O)(=O)c2ccc(Cl)cc2)C1. The first-order valence-corrected chi connectivity index (χ1v) is 15.8. The number of benzene rings is 2. The van der Waals surface area contributed by atoms with Crippen molar-refractivity contribution in [1.29, 1.82) is 0 Å². The molecule has 0 radical (unpaired) electrons. The van der Waals surface area contributed by atoms with E-state index in [1.54, 1.807) is 0 Å². The van der Waals surface area contributed by atoms with Gasteiger partial charge in [0.25, 0.3) is 5.91 Å². The van der Waals surface area contributed by atoms with Crippen LogP contribution in [0, 0.1) is 5.92 Å². The molecule has 1 saturated carbocycles. The maximum absolute atomic E-state index is 13.6. The Morgan fingerprint density at radius 3 is 2.40 bits per heavy atom. The van der Waals surface area contributed by atoms with E-state index in [-0.39, 0.29) is 40.8 Å². The average Bonchev–Trinajstić information content (AvgIpc) is 3.32. The molecule has 2 amide bonds. The summed E-state index contributed by atoms with van der Waals surface area (Å²) in [5.74, 6) is -2.32. The molecule has 1 heterocycles. The van der Waals surface area contributed by atoms with Gasteiger partial charge in [-0.2, -0.15) is 13.2 Å². The number of nitrogens with zero attached hydrogens (tertiary/aromatic N) is 3. The number of rotatable bonds is 8. The van der Waals surface area contributed by atoms with Crippen LogP contribution in [0.5, 0.6) is 0 Å². The van der Waals surface area contributed by atoms with Gasteiger partial charge >= 0.3 is 6.18 Å². The monoisotopic (exact) mass is 629 g/mol. The minimum atomic E-state index is -4.68. The molecular weight excluding hydrogens is 595 g/mol. The lowest BCUT2D eigenvalue weighted by Crippen LogP contribution is -2.53. The van der Waals surface area contributed by atoms with E-state index in [0.717, 1.165) is 24.6 Å². The second-order valence-corrected chi connectivity index (χ2v) is 13.8. The molecule has 1 saturated heterocycles. The lowest BCUT2D eigenvalue weighted by Gasteiger charge is -2.44. The summed E-state index contributed by atoms with van der Waals surface area (Å²) in [4.78, 5) is 30.3. The van der Waals surface area contributed by atoms with Gasteiger partial charge in [0.15, 0.2) is 9.84 Å². The standard InChI is InChI=1S/C29H35ClF3N3O5S/c1-18(2)34(3)23-9-12-25(20(16-23)17-42(40,41)24-10-7-22(30)8-11-24)35-14-13-26(28(35)38)36(39)27(37)19-5-4-6-21(15-19)29(31,32)33/h4-8,10-11,15,18,20,23,25-26,39H,9,12-14,16-17H2,1-3H3/t20-,23+,25-,26?/m0/s1. The van der Waals surface area contributed by atoms with Crippen LogP contribution in [0.1, 0.15) is 55.5 Å². The van der Waals surface area contributed by atoms with Gasteiger partial charge in [-0.05, 0) is 95.0 Å². The van der Waals surface area contributed by atoms with Crippen LogP contribution in [0.3, 0.4) is 0 Å². The Kier molecular flexibility index (Phi) is 9.61. The maximum atomic E-state index is 13.6. The maximum Gasteiger partial charge on any atom is 0.416 e. The number of sulfone groups is 1. The zero-order valence-corrected chi connectivity index (χ0v) is 25.2. The molecule has 13 heteroatoms. The molecule has 2 aromatic rings. The highest BCUT2D eigenvalue weighted by atomic mass is 35.5. The fraction of sp³-hybridized carbons (Fsp3) is 0.517. The van der Waals surface area contributed by atoms with Gasteiger partial charge in [0.05, 0.1) is 16.2 Å². The van der Waals surface area contributed by atoms with Crippen molar-refractivity contribution in [3.63, 3.8) is 0 Å². The third-order valence-electron chi connectivity index (χ3n) is 8.46. The Morgan fingerprint density at radius 1 is 1.12 bits per heavy atom. The highest BCUT2D eigenvalue weighted by Gasteiger charge is 2.46. The third kappa shape index (κ3) is 6.93. The van der Waals surface area contributed by atoms with Gasteiger partial charge < -0.3 is 9.80 Å². The molecule has 42 heavy (non-hydrogen) atoms. The van der Waals surface area contributed by atoms with Gasteiger partial charge in [-0.15, -0.1) is 0 Å². The quantitative estimate of drug-likeness (QED) is 0.321. The predicted octanol–water partition coefficient (Wildman–Crippen LogP) is 5.14. The molecule has 4 atom stereocenters. The van der Waals surface area contributed by atoms with Crippen molar-refractivity contribution < 1.29 is 36.4 Å². The zero-order valence-electron chi connectivity index (χ0n) is 23.6. The van der Waals surface area contributed by atoms with E-state index >= 15 is 0 Å². The molecule has 8 nitrogen and oxygen atoms in total. The summed E-state index contributed by atoms with van der Waals surface area (Å²) < 4.78 is 66.4. The number of amides is 2. The highest BCUT2D eigenvalue weighted by Crippen LogP contribution is 2.37. The van der Waals surface area contributed by atoms with E-state index in [9.17, 15) is 36.4 Å². The molecule has 0 bridgehead atoms. The first-order chi connectivity index (χ1) is 19.6. The van der Waals surface area contributed by atoms with E-state index in [1.165, 1.54) is 29.2 Å². The molecule has 1 aliphatic heterocycles. The van der Waals surface area contributed by atoms with Crippen LogP contribution in [0.25, 0.3) is 0 Å². The molecule has 1 N–H and O–H groups in total. The number of carbonyl (C=O) groups excluding carboxylic acids is 2. The zero-order chi connectivity index (χ0) is 31.0. The first-order valence-electron chi connectivity index (χ1n) is 13.8. The van der Waals surface area contributed by atoms with Crippen molar-refractivity contribution in [1.82, 2.24) is 14.9 Å². The molecular formula is C29H35ClF3N3O5S. The topological polar surface area (TPSA) is 98.2 Å². The van der Waals surface area contributed by atoms with Gasteiger partial charge in [0.1, 0.15) is 6.04 Å². The molecule has 1 aliphatic carbocycles. The van der Waals surface area contributed by atoms with Crippen molar-refractivity contribution in [2.45, 2.75) is 74.8 Å². The average molecular weight is 630 g/mol. The van der Waals surface area contributed by atoms with Crippen LogP contribution in [0.2, 0.25) is 5.02 Å². The Bertz CT molecular complexity index is 1400. The molecule has 2 aliphatic rings. The summed E-state index contributed by atoms with van der Waals surface area (Å²) in [7, 11) is -1.76. The van der Waals surface area contributed by atoms with Crippen LogP contribution >= 0.6 is 11.6 Å². The molecule has 0 spiro atoms. The van der Waals surface area contributed by atoms with Crippen molar-refractivity contribution in [2.75, 3.05) is 19.3 Å². The minimum Gasteiger partial charge on any atom is -0.337 e. The second-order valence-electron chi connectivity index (χ2n) is 11.4. The molecule has 1 unspecified atom stereocenters. The van der Waals surface area contributed by atoms with E-state index in [4.69, 9.17) is 11.6 Å². The molecule has 4 rings (SSSR count). The van der Waals surface area contributed by atoms with Crippen LogP contribution in [-0.4, -0.2) is 83.8 Å². The number of likely N-dealkylation sites (tertiary alicyclic amines) is 1. The normalized spacial score (nSPS) is 23.6. The van der Waals surface area contributed by atoms with Gasteiger partial charge in [-0.25, -0.2) is 13.5 Å². The van der Waals surface area contributed by atoms with Crippen molar-refractivity contribution in [2.24, 2.45) is 5.92 Å². The summed E-state index contributed by atoms with van der Waals surface area (Å²) in [5.41, 5.74) is -1.45. The molecule has 2 fully saturated rings. The number of alkyl halides is 3. The fourth-order valence-corrected chi connectivity index (χ4v) is 7.76. The van der Waals surface area contributed by atoms with Crippen molar-refractivity contribution in [3.8, 4) is 0 Å². The first kappa shape index (κ1) is 32.2. The van der Waals surface area contributed by atoms with E-state index in [0.29, 0.717) is 23.9 Å². The van der Waals surface area contributed by atoms with E-state index in [2.05, 4.69) is 18.7 Å². The smallest absolute Gasteiger partial charge is 0.337 e. The van der Waals surface area contributed by atoms with E-state index < -0.39 is 57.0 Å². The number of halogens is 4. The minimum absolute atomic E-state index is 0.0581. The second kappa shape index (κ2) is 12.5. The number of carbonyl (C=O) groups is 2. The third-order valence-corrected chi connectivity index (χ3v) is 10.6.